The highest BCUT2D eigenvalue weighted by atomic mass is 16.5. The number of aryl methyl sites for hydroxylation is 3. The Balaban J connectivity index is 2.37. The van der Waals surface area contributed by atoms with Crippen LogP contribution in [0.2, 0.25) is 0 Å². The zero-order chi connectivity index (χ0) is 12.7. The van der Waals surface area contributed by atoms with E-state index in [4.69, 9.17) is 4.74 Å². The van der Waals surface area contributed by atoms with E-state index in [0.29, 0.717) is 13.0 Å². The van der Waals surface area contributed by atoms with Crippen LogP contribution in [0, 0.1) is 13.8 Å². The van der Waals surface area contributed by atoms with Crippen LogP contribution >= 0.6 is 0 Å². The van der Waals surface area contributed by atoms with Crippen LogP contribution in [0.1, 0.15) is 42.9 Å². The van der Waals surface area contributed by atoms with Crippen molar-refractivity contribution in [3.05, 3.63) is 34.9 Å². The number of esters is 1. The zero-order valence-electron chi connectivity index (χ0n) is 11.1. The second-order valence-corrected chi connectivity index (χ2v) is 4.50. The number of ether oxygens (including phenoxy) is 1. The molecule has 0 saturated carbocycles. The largest absolute Gasteiger partial charge is 0.466 e. The monoisotopic (exact) mass is 234 g/mol. The van der Waals surface area contributed by atoms with Gasteiger partial charge in [-0.1, -0.05) is 37.1 Å². The summed E-state index contributed by atoms with van der Waals surface area (Å²) in [6, 6.07) is 6.34. The van der Waals surface area contributed by atoms with Crippen molar-refractivity contribution in [2.24, 2.45) is 0 Å². The summed E-state index contributed by atoms with van der Waals surface area (Å²) in [5.41, 5.74) is 3.76. The Morgan fingerprint density at radius 3 is 2.71 bits per heavy atom. The molecule has 0 N–H and O–H groups in total. The molecule has 0 saturated heterocycles. The van der Waals surface area contributed by atoms with E-state index in [1.807, 2.05) is 0 Å². The van der Waals surface area contributed by atoms with Gasteiger partial charge in [-0.3, -0.25) is 4.79 Å². The molecule has 2 heteroatoms. The lowest BCUT2D eigenvalue weighted by Gasteiger charge is -2.07. The molecule has 1 rings (SSSR count). The third kappa shape index (κ3) is 5.03. The predicted molar refractivity (Wildman–Crippen MR) is 70.1 cm³/mol. The summed E-state index contributed by atoms with van der Waals surface area (Å²) in [5, 5.41) is 0. The maximum absolute atomic E-state index is 11.4. The minimum Gasteiger partial charge on any atom is -0.466 e. The van der Waals surface area contributed by atoms with Gasteiger partial charge in [-0.05, 0) is 37.8 Å². The Bertz CT molecular complexity index is 369. The second-order valence-electron chi connectivity index (χ2n) is 4.50. The molecule has 0 unspecified atom stereocenters. The van der Waals surface area contributed by atoms with E-state index in [-0.39, 0.29) is 5.97 Å². The highest BCUT2D eigenvalue weighted by molar-refractivity contribution is 5.69. The highest BCUT2D eigenvalue weighted by Gasteiger charge is 2.05. The number of carbonyl (C=O) groups excluding carboxylic acids is 1. The Kier molecular flexibility index (Phi) is 5.75. The average Bonchev–Trinajstić information content (AvgIpc) is 2.28. The molecular weight excluding hydrogens is 212 g/mol. The van der Waals surface area contributed by atoms with Gasteiger partial charge in [0.1, 0.15) is 0 Å². The van der Waals surface area contributed by atoms with Crippen LogP contribution in [-0.2, 0) is 16.0 Å². The maximum Gasteiger partial charge on any atom is 0.306 e. The second kappa shape index (κ2) is 7.10. The van der Waals surface area contributed by atoms with E-state index in [9.17, 15) is 4.79 Å². The fourth-order valence-electron chi connectivity index (χ4n) is 1.77. The fraction of sp³-hybridized carbons (Fsp3) is 0.533. The number of rotatable bonds is 6. The number of hydrogen-bond acceptors (Lipinski definition) is 2. The van der Waals surface area contributed by atoms with Crippen LogP contribution in [-0.4, -0.2) is 12.6 Å². The van der Waals surface area contributed by atoms with E-state index in [0.717, 1.165) is 19.3 Å². The molecular formula is C15H22O2. The minimum atomic E-state index is -0.0848. The molecule has 0 bridgehead atoms. The molecule has 1 aromatic rings. The lowest BCUT2D eigenvalue weighted by atomic mass is 10.0. The smallest absolute Gasteiger partial charge is 0.306 e. The first-order valence-corrected chi connectivity index (χ1v) is 6.35. The lowest BCUT2D eigenvalue weighted by molar-refractivity contribution is -0.143. The van der Waals surface area contributed by atoms with E-state index >= 15 is 0 Å². The molecule has 0 spiro atoms. The topological polar surface area (TPSA) is 26.3 Å². The summed E-state index contributed by atoms with van der Waals surface area (Å²) in [4.78, 5) is 11.4. The summed E-state index contributed by atoms with van der Waals surface area (Å²) < 4.78 is 5.13. The Morgan fingerprint density at radius 1 is 1.29 bits per heavy atom. The third-order valence-corrected chi connectivity index (χ3v) is 2.86. The van der Waals surface area contributed by atoms with Crippen LogP contribution in [0.15, 0.2) is 18.2 Å². The Morgan fingerprint density at radius 2 is 2.06 bits per heavy atom. The molecule has 0 heterocycles. The van der Waals surface area contributed by atoms with Crippen molar-refractivity contribution in [3.63, 3.8) is 0 Å². The molecule has 0 radical (unpaired) electrons. The first-order chi connectivity index (χ1) is 8.13. The molecule has 2 nitrogen and oxygen atoms in total. The Labute approximate surface area is 104 Å². The van der Waals surface area contributed by atoms with Crippen molar-refractivity contribution >= 4 is 5.97 Å². The van der Waals surface area contributed by atoms with Crippen LogP contribution < -0.4 is 0 Å². The molecule has 0 aliphatic rings. The highest BCUT2D eigenvalue weighted by Crippen LogP contribution is 2.12. The molecule has 1 aromatic carbocycles. The molecule has 0 aromatic heterocycles. The van der Waals surface area contributed by atoms with Gasteiger partial charge in [0.15, 0.2) is 0 Å². The van der Waals surface area contributed by atoms with Gasteiger partial charge < -0.3 is 4.74 Å². The summed E-state index contributed by atoms with van der Waals surface area (Å²) in [6.45, 7) is 6.81. The predicted octanol–water partition coefficient (Wildman–Crippen LogP) is 3.58. The van der Waals surface area contributed by atoms with Crippen molar-refractivity contribution in [1.29, 1.82) is 0 Å². The van der Waals surface area contributed by atoms with Crippen molar-refractivity contribution in [1.82, 2.24) is 0 Å². The molecule has 17 heavy (non-hydrogen) atoms. The molecule has 94 valence electrons. The van der Waals surface area contributed by atoms with E-state index in [1.54, 1.807) is 0 Å². The van der Waals surface area contributed by atoms with Crippen LogP contribution in [0.5, 0.6) is 0 Å². The summed E-state index contributed by atoms with van der Waals surface area (Å²) >= 11 is 0. The lowest BCUT2D eigenvalue weighted by Crippen LogP contribution is -2.07. The quantitative estimate of drug-likeness (QED) is 0.555. The Hall–Kier alpha value is -1.31. The van der Waals surface area contributed by atoms with Gasteiger partial charge in [-0.2, -0.15) is 0 Å². The van der Waals surface area contributed by atoms with Crippen molar-refractivity contribution in [2.45, 2.75) is 46.5 Å². The molecule has 0 atom stereocenters. The first kappa shape index (κ1) is 13.8. The molecule has 0 aliphatic heterocycles. The molecule has 0 amide bonds. The van der Waals surface area contributed by atoms with Gasteiger partial charge in [0.25, 0.3) is 0 Å². The van der Waals surface area contributed by atoms with E-state index in [1.165, 1.54) is 16.7 Å². The minimum absolute atomic E-state index is 0.0848. The zero-order valence-corrected chi connectivity index (χ0v) is 11.1. The first-order valence-electron chi connectivity index (χ1n) is 6.35. The summed E-state index contributed by atoms with van der Waals surface area (Å²) in [6.07, 6.45) is 3.27. The van der Waals surface area contributed by atoms with Gasteiger partial charge >= 0.3 is 5.97 Å². The van der Waals surface area contributed by atoms with E-state index in [2.05, 4.69) is 39.0 Å². The number of unbranched alkanes of at least 4 members (excludes halogenated alkanes) is 1. The number of benzene rings is 1. The van der Waals surface area contributed by atoms with Gasteiger partial charge in [-0.15, -0.1) is 0 Å². The molecule has 0 aliphatic carbocycles. The third-order valence-electron chi connectivity index (χ3n) is 2.86. The maximum atomic E-state index is 11.4. The summed E-state index contributed by atoms with van der Waals surface area (Å²) in [7, 11) is 0. The SMILES string of the molecule is CCCCOC(=O)CCc1ccc(C)cc1C. The van der Waals surface area contributed by atoms with Crippen LogP contribution in [0.3, 0.4) is 0 Å². The average molecular weight is 234 g/mol. The van der Waals surface area contributed by atoms with Crippen LogP contribution in [0.25, 0.3) is 0 Å². The van der Waals surface area contributed by atoms with Gasteiger partial charge in [0, 0.05) is 6.42 Å². The van der Waals surface area contributed by atoms with Gasteiger partial charge in [0.2, 0.25) is 0 Å². The summed E-state index contributed by atoms with van der Waals surface area (Å²) in [5.74, 6) is -0.0848. The standard InChI is InChI=1S/C15H22O2/c1-4-5-10-17-15(16)9-8-14-7-6-12(2)11-13(14)3/h6-7,11H,4-5,8-10H2,1-3H3. The number of hydrogen-bond donors (Lipinski definition) is 0. The molecule has 0 fully saturated rings. The van der Waals surface area contributed by atoms with E-state index < -0.39 is 0 Å². The number of carbonyl (C=O) groups is 1. The fourth-order valence-corrected chi connectivity index (χ4v) is 1.77. The van der Waals surface area contributed by atoms with Crippen LogP contribution in [0.4, 0.5) is 0 Å². The van der Waals surface area contributed by atoms with Crippen molar-refractivity contribution in [2.75, 3.05) is 6.61 Å². The van der Waals surface area contributed by atoms with Gasteiger partial charge in [0.05, 0.1) is 6.61 Å². The van der Waals surface area contributed by atoms with Crippen molar-refractivity contribution in [3.8, 4) is 0 Å². The van der Waals surface area contributed by atoms with Gasteiger partial charge in [-0.25, -0.2) is 0 Å². The normalized spacial score (nSPS) is 10.3. The van der Waals surface area contributed by atoms with Crippen molar-refractivity contribution < 1.29 is 9.53 Å².